The number of carbonyl (C=O) groups is 2. The van der Waals surface area contributed by atoms with Crippen LogP contribution in [0.25, 0.3) is 0 Å². The molecular formula is C15H28N2O2. The fourth-order valence-electron chi connectivity index (χ4n) is 2.84. The molecule has 0 saturated carbocycles. The van der Waals surface area contributed by atoms with Crippen molar-refractivity contribution in [1.82, 2.24) is 10.2 Å². The van der Waals surface area contributed by atoms with Crippen LogP contribution in [0.4, 0.5) is 0 Å². The van der Waals surface area contributed by atoms with Gasteiger partial charge in [0.05, 0.1) is 12.6 Å². The second-order valence-corrected chi connectivity index (χ2v) is 6.88. The van der Waals surface area contributed by atoms with Crippen LogP contribution in [-0.4, -0.2) is 42.3 Å². The Bertz CT molecular complexity index is 337. The standard InChI is InChI=1S/C15H28N2O2/c1-11(2)14(12(3)18)16-13(19)9-17-8-6-7-15(4,5)10-17/h11,14H,6-10H2,1-5H3,(H,16,19). The molecule has 19 heavy (non-hydrogen) atoms. The number of ketones is 1. The number of hydrogen-bond acceptors (Lipinski definition) is 3. The van der Waals surface area contributed by atoms with Gasteiger partial charge >= 0.3 is 0 Å². The van der Waals surface area contributed by atoms with E-state index >= 15 is 0 Å². The van der Waals surface area contributed by atoms with Crippen LogP contribution >= 0.6 is 0 Å². The maximum Gasteiger partial charge on any atom is 0.234 e. The summed E-state index contributed by atoms with van der Waals surface area (Å²) in [7, 11) is 0. The number of rotatable bonds is 5. The largest absolute Gasteiger partial charge is 0.345 e. The lowest BCUT2D eigenvalue weighted by molar-refractivity contribution is -0.129. The smallest absolute Gasteiger partial charge is 0.234 e. The summed E-state index contributed by atoms with van der Waals surface area (Å²) in [5.41, 5.74) is 0.288. The van der Waals surface area contributed by atoms with Crippen molar-refractivity contribution in [2.75, 3.05) is 19.6 Å². The van der Waals surface area contributed by atoms with E-state index in [1.165, 1.54) is 13.3 Å². The van der Waals surface area contributed by atoms with Crippen LogP contribution in [0, 0.1) is 11.3 Å². The molecule has 0 aromatic rings. The predicted molar refractivity (Wildman–Crippen MR) is 76.9 cm³/mol. The summed E-state index contributed by atoms with van der Waals surface area (Å²) in [5.74, 6) is 0.133. The molecule has 0 spiro atoms. The second kappa shape index (κ2) is 6.51. The average molecular weight is 268 g/mol. The fraction of sp³-hybridized carbons (Fsp3) is 0.867. The number of likely N-dealkylation sites (tertiary alicyclic amines) is 1. The van der Waals surface area contributed by atoms with Gasteiger partial charge in [-0.2, -0.15) is 0 Å². The van der Waals surface area contributed by atoms with Crippen molar-refractivity contribution in [3.63, 3.8) is 0 Å². The van der Waals surface area contributed by atoms with E-state index in [0.29, 0.717) is 6.54 Å². The van der Waals surface area contributed by atoms with E-state index in [0.717, 1.165) is 19.5 Å². The quantitative estimate of drug-likeness (QED) is 0.827. The zero-order valence-corrected chi connectivity index (χ0v) is 13.0. The normalized spacial score (nSPS) is 21.2. The van der Waals surface area contributed by atoms with Crippen molar-refractivity contribution in [3.8, 4) is 0 Å². The lowest BCUT2D eigenvalue weighted by Crippen LogP contribution is -2.50. The van der Waals surface area contributed by atoms with Gasteiger partial charge in [-0.15, -0.1) is 0 Å². The van der Waals surface area contributed by atoms with Crippen LogP contribution in [0.1, 0.15) is 47.5 Å². The lowest BCUT2D eigenvalue weighted by Gasteiger charge is -2.37. The molecule has 0 aromatic carbocycles. The number of carbonyl (C=O) groups excluding carboxylic acids is 2. The summed E-state index contributed by atoms with van der Waals surface area (Å²) in [4.78, 5) is 25.7. The highest BCUT2D eigenvalue weighted by Gasteiger charge is 2.28. The van der Waals surface area contributed by atoms with Gasteiger partial charge < -0.3 is 5.32 Å². The maximum absolute atomic E-state index is 12.0. The molecule has 0 bridgehead atoms. The third-order valence-corrected chi connectivity index (χ3v) is 3.77. The van der Waals surface area contributed by atoms with Gasteiger partial charge in [-0.3, -0.25) is 14.5 Å². The minimum absolute atomic E-state index is 0.0299. The van der Waals surface area contributed by atoms with Gasteiger partial charge in [0, 0.05) is 6.54 Å². The summed E-state index contributed by atoms with van der Waals surface area (Å²) < 4.78 is 0. The summed E-state index contributed by atoms with van der Waals surface area (Å²) in [6.45, 7) is 12.3. The molecule has 0 aliphatic carbocycles. The molecule has 1 saturated heterocycles. The van der Waals surface area contributed by atoms with E-state index in [1.807, 2.05) is 13.8 Å². The Morgan fingerprint density at radius 1 is 1.32 bits per heavy atom. The summed E-state index contributed by atoms with van der Waals surface area (Å²) >= 11 is 0. The van der Waals surface area contributed by atoms with Gasteiger partial charge in [0.25, 0.3) is 0 Å². The fourth-order valence-corrected chi connectivity index (χ4v) is 2.84. The number of nitrogens with zero attached hydrogens (tertiary/aromatic N) is 1. The molecule has 1 unspecified atom stereocenters. The third-order valence-electron chi connectivity index (χ3n) is 3.77. The van der Waals surface area contributed by atoms with Crippen molar-refractivity contribution < 1.29 is 9.59 Å². The summed E-state index contributed by atoms with van der Waals surface area (Å²) in [6.07, 6.45) is 2.35. The Balaban J connectivity index is 2.48. The van der Waals surface area contributed by atoms with E-state index in [4.69, 9.17) is 0 Å². The van der Waals surface area contributed by atoms with Crippen molar-refractivity contribution in [1.29, 1.82) is 0 Å². The van der Waals surface area contributed by atoms with Gasteiger partial charge in [0.1, 0.15) is 0 Å². The zero-order chi connectivity index (χ0) is 14.6. The number of nitrogens with one attached hydrogen (secondary N) is 1. The summed E-state index contributed by atoms with van der Waals surface area (Å²) in [5, 5.41) is 2.86. The monoisotopic (exact) mass is 268 g/mol. The minimum Gasteiger partial charge on any atom is -0.345 e. The Labute approximate surface area is 116 Å². The second-order valence-electron chi connectivity index (χ2n) is 6.88. The highest BCUT2D eigenvalue weighted by Crippen LogP contribution is 2.27. The van der Waals surface area contributed by atoms with Crippen LogP contribution < -0.4 is 5.32 Å². The molecular weight excluding hydrogens is 240 g/mol. The molecule has 0 aromatic heterocycles. The van der Waals surface area contributed by atoms with Crippen LogP contribution in [0.15, 0.2) is 0 Å². The SMILES string of the molecule is CC(=O)C(NC(=O)CN1CCCC(C)(C)C1)C(C)C. The van der Waals surface area contributed by atoms with Crippen molar-refractivity contribution in [2.24, 2.45) is 11.3 Å². The zero-order valence-electron chi connectivity index (χ0n) is 13.0. The topological polar surface area (TPSA) is 49.4 Å². The van der Waals surface area contributed by atoms with Crippen LogP contribution in [-0.2, 0) is 9.59 Å². The molecule has 4 nitrogen and oxygen atoms in total. The molecule has 110 valence electrons. The van der Waals surface area contributed by atoms with Crippen LogP contribution in [0.2, 0.25) is 0 Å². The van der Waals surface area contributed by atoms with E-state index in [2.05, 4.69) is 24.1 Å². The Hall–Kier alpha value is -0.900. The van der Waals surface area contributed by atoms with Crippen molar-refractivity contribution in [3.05, 3.63) is 0 Å². The van der Waals surface area contributed by atoms with E-state index in [9.17, 15) is 9.59 Å². The molecule has 4 heteroatoms. The molecule has 1 heterocycles. The van der Waals surface area contributed by atoms with E-state index in [1.54, 1.807) is 0 Å². The predicted octanol–water partition coefficient (Wildman–Crippen LogP) is 1.84. The average Bonchev–Trinajstić information content (AvgIpc) is 2.23. The number of hydrogen-bond donors (Lipinski definition) is 1. The van der Waals surface area contributed by atoms with Crippen LogP contribution in [0.5, 0.6) is 0 Å². The third kappa shape index (κ3) is 5.31. The minimum atomic E-state index is -0.356. The first-order chi connectivity index (χ1) is 8.71. The van der Waals surface area contributed by atoms with Gasteiger partial charge in [0.2, 0.25) is 5.91 Å². The van der Waals surface area contributed by atoms with E-state index < -0.39 is 0 Å². The van der Waals surface area contributed by atoms with Gasteiger partial charge in [-0.05, 0) is 37.6 Å². The van der Waals surface area contributed by atoms with Crippen molar-refractivity contribution >= 4 is 11.7 Å². The first-order valence-corrected chi connectivity index (χ1v) is 7.23. The van der Waals surface area contributed by atoms with Gasteiger partial charge in [-0.1, -0.05) is 27.7 Å². The lowest BCUT2D eigenvalue weighted by atomic mass is 9.84. The maximum atomic E-state index is 12.0. The first-order valence-electron chi connectivity index (χ1n) is 7.23. The molecule has 1 atom stereocenters. The highest BCUT2D eigenvalue weighted by molar-refractivity contribution is 5.88. The molecule has 1 aliphatic rings. The Morgan fingerprint density at radius 3 is 2.42 bits per heavy atom. The Morgan fingerprint density at radius 2 is 1.95 bits per heavy atom. The van der Waals surface area contributed by atoms with Gasteiger partial charge in [-0.25, -0.2) is 0 Å². The summed E-state index contributed by atoms with van der Waals surface area (Å²) in [6, 6.07) is -0.356. The molecule has 1 rings (SSSR count). The van der Waals surface area contributed by atoms with Crippen LogP contribution in [0.3, 0.4) is 0 Å². The molecule has 1 aliphatic heterocycles. The number of amides is 1. The molecule has 1 N–H and O–H groups in total. The van der Waals surface area contributed by atoms with Crippen molar-refractivity contribution in [2.45, 2.75) is 53.5 Å². The molecule has 1 amide bonds. The van der Waals surface area contributed by atoms with Gasteiger partial charge in [0.15, 0.2) is 5.78 Å². The highest BCUT2D eigenvalue weighted by atomic mass is 16.2. The van der Waals surface area contributed by atoms with E-state index in [-0.39, 0.29) is 29.1 Å². The Kier molecular flexibility index (Phi) is 5.53. The molecule has 1 fully saturated rings. The number of piperidine rings is 1. The number of Topliss-reactive ketones (excluding diaryl/α,β-unsaturated/α-hetero) is 1. The molecule has 0 radical (unpaired) electrons. The first kappa shape index (κ1) is 16.2.